The molecule has 1 aromatic heterocycles. The smallest absolute Gasteiger partial charge is 0.136 e. The van der Waals surface area contributed by atoms with Gasteiger partial charge in [0.15, 0.2) is 0 Å². The Morgan fingerprint density at radius 1 is 0.576 bits per heavy atom. The minimum Gasteiger partial charge on any atom is -0.456 e. The lowest BCUT2D eigenvalue weighted by atomic mass is 9.99. The number of nitrogens with one attached hydrogen (secondary N) is 1. The predicted octanol–water partition coefficient (Wildman–Crippen LogP) is 8.97. The molecule has 0 atom stereocenters. The number of para-hydroxylation sites is 1. The second-order valence-electron chi connectivity index (χ2n) is 8.38. The van der Waals surface area contributed by atoms with E-state index in [1.165, 1.54) is 33.2 Å². The third-order valence-corrected chi connectivity index (χ3v) is 6.21. The molecule has 0 unspecified atom stereocenters. The molecule has 0 amide bonds. The van der Waals surface area contributed by atoms with Crippen molar-refractivity contribution in [2.75, 3.05) is 5.32 Å². The van der Waals surface area contributed by atoms with E-state index in [2.05, 4.69) is 103 Å². The van der Waals surface area contributed by atoms with Crippen LogP contribution in [0.5, 0.6) is 0 Å². The first-order valence-electron chi connectivity index (χ1n) is 11.2. The molecule has 6 rings (SSSR count). The van der Waals surface area contributed by atoms with Crippen molar-refractivity contribution in [3.63, 3.8) is 0 Å². The van der Waals surface area contributed by atoms with Crippen LogP contribution in [-0.4, -0.2) is 0 Å². The van der Waals surface area contributed by atoms with Crippen molar-refractivity contribution in [2.45, 2.75) is 6.92 Å². The van der Waals surface area contributed by atoms with Crippen LogP contribution in [0.2, 0.25) is 0 Å². The van der Waals surface area contributed by atoms with Gasteiger partial charge in [0.2, 0.25) is 0 Å². The van der Waals surface area contributed by atoms with Crippen molar-refractivity contribution in [3.8, 4) is 22.3 Å². The summed E-state index contributed by atoms with van der Waals surface area (Å²) in [6, 6.07) is 40.2. The van der Waals surface area contributed by atoms with Gasteiger partial charge in [0.05, 0.1) is 0 Å². The standard InChI is InChI=1S/C31H23NO/c1-21-20-24(22-8-3-2-4-9-22)16-19-28(21)32-25-17-14-23(15-18-25)26-11-7-13-30-31(26)27-10-5-6-12-29(27)33-30/h2-20,32H,1H3. The van der Waals surface area contributed by atoms with Crippen LogP contribution in [0.15, 0.2) is 120 Å². The van der Waals surface area contributed by atoms with Crippen molar-refractivity contribution in [1.29, 1.82) is 0 Å². The van der Waals surface area contributed by atoms with E-state index >= 15 is 0 Å². The van der Waals surface area contributed by atoms with Gasteiger partial charge in [-0.25, -0.2) is 0 Å². The highest BCUT2D eigenvalue weighted by Gasteiger charge is 2.12. The number of aryl methyl sites for hydroxylation is 1. The van der Waals surface area contributed by atoms with Gasteiger partial charge in [0.1, 0.15) is 11.2 Å². The van der Waals surface area contributed by atoms with Crippen molar-refractivity contribution < 1.29 is 4.42 Å². The lowest BCUT2D eigenvalue weighted by molar-refractivity contribution is 0.669. The van der Waals surface area contributed by atoms with Gasteiger partial charge in [0.25, 0.3) is 0 Å². The third kappa shape index (κ3) is 3.56. The van der Waals surface area contributed by atoms with Crippen LogP contribution in [0.3, 0.4) is 0 Å². The van der Waals surface area contributed by atoms with Crippen LogP contribution >= 0.6 is 0 Å². The maximum absolute atomic E-state index is 6.06. The normalized spacial score (nSPS) is 11.2. The molecular formula is C31H23NO. The molecule has 0 bridgehead atoms. The minimum absolute atomic E-state index is 0.921. The summed E-state index contributed by atoms with van der Waals surface area (Å²) < 4.78 is 6.06. The molecule has 5 aromatic carbocycles. The fraction of sp³-hybridized carbons (Fsp3) is 0.0323. The Morgan fingerprint density at radius 2 is 1.30 bits per heavy atom. The quantitative estimate of drug-likeness (QED) is 0.305. The van der Waals surface area contributed by atoms with Crippen LogP contribution in [0.25, 0.3) is 44.2 Å². The Morgan fingerprint density at radius 3 is 2.12 bits per heavy atom. The SMILES string of the molecule is Cc1cc(-c2ccccc2)ccc1Nc1ccc(-c2cccc3oc4ccccc4c23)cc1. The largest absolute Gasteiger partial charge is 0.456 e. The van der Waals surface area contributed by atoms with Gasteiger partial charge in [-0.1, -0.05) is 78.9 Å². The minimum atomic E-state index is 0.921. The number of anilines is 2. The molecule has 0 saturated heterocycles. The third-order valence-electron chi connectivity index (χ3n) is 6.21. The molecule has 158 valence electrons. The zero-order valence-corrected chi connectivity index (χ0v) is 18.4. The van der Waals surface area contributed by atoms with E-state index in [1.54, 1.807) is 0 Å². The summed E-state index contributed by atoms with van der Waals surface area (Å²) in [6.07, 6.45) is 0. The first-order chi connectivity index (χ1) is 16.3. The number of furan rings is 1. The lowest BCUT2D eigenvalue weighted by Crippen LogP contribution is -1.93. The van der Waals surface area contributed by atoms with Crippen LogP contribution in [-0.2, 0) is 0 Å². The second-order valence-corrected chi connectivity index (χ2v) is 8.38. The first-order valence-corrected chi connectivity index (χ1v) is 11.2. The van der Waals surface area contributed by atoms with Crippen LogP contribution in [0, 0.1) is 6.92 Å². The van der Waals surface area contributed by atoms with Crippen molar-refractivity contribution in [2.24, 2.45) is 0 Å². The summed E-state index contributed by atoms with van der Waals surface area (Å²) in [4.78, 5) is 0. The van der Waals surface area contributed by atoms with Gasteiger partial charge >= 0.3 is 0 Å². The van der Waals surface area contributed by atoms with Gasteiger partial charge in [-0.15, -0.1) is 0 Å². The van der Waals surface area contributed by atoms with Gasteiger partial charge in [0, 0.05) is 22.1 Å². The summed E-state index contributed by atoms with van der Waals surface area (Å²) in [5.41, 5.74) is 10.1. The maximum atomic E-state index is 6.06. The number of fused-ring (bicyclic) bond motifs is 3. The highest BCUT2D eigenvalue weighted by Crippen LogP contribution is 2.37. The molecule has 6 aromatic rings. The summed E-state index contributed by atoms with van der Waals surface area (Å²) >= 11 is 0. The van der Waals surface area contributed by atoms with Crippen LogP contribution in [0.4, 0.5) is 11.4 Å². The predicted molar refractivity (Wildman–Crippen MR) is 139 cm³/mol. The molecule has 1 heterocycles. The molecule has 33 heavy (non-hydrogen) atoms. The monoisotopic (exact) mass is 425 g/mol. The van der Waals surface area contributed by atoms with E-state index in [1.807, 2.05) is 24.3 Å². The number of benzene rings is 5. The Balaban J connectivity index is 1.31. The summed E-state index contributed by atoms with van der Waals surface area (Å²) in [6.45, 7) is 2.15. The van der Waals surface area contributed by atoms with Gasteiger partial charge in [-0.05, 0) is 71.1 Å². The Hall–Kier alpha value is -4.30. The molecule has 1 N–H and O–H groups in total. The van der Waals surface area contributed by atoms with Crippen LogP contribution < -0.4 is 5.32 Å². The molecule has 0 fully saturated rings. The zero-order chi connectivity index (χ0) is 22.2. The van der Waals surface area contributed by atoms with E-state index in [0.29, 0.717) is 0 Å². The van der Waals surface area contributed by atoms with Crippen molar-refractivity contribution in [3.05, 3.63) is 121 Å². The fourth-order valence-electron chi connectivity index (χ4n) is 4.52. The van der Waals surface area contributed by atoms with Crippen LogP contribution in [0.1, 0.15) is 5.56 Å². The average molecular weight is 426 g/mol. The van der Waals surface area contributed by atoms with E-state index in [9.17, 15) is 0 Å². The molecular weight excluding hydrogens is 402 g/mol. The van der Waals surface area contributed by atoms with Crippen molar-refractivity contribution >= 4 is 33.3 Å². The van der Waals surface area contributed by atoms with E-state index in [-0.39, 0.29) is 0 Å². The van der Waals surface area contributed by atoms with E-state index in [0.717, 1.165) is 27.9 Å². The zero-order valence-electron chi connectivity index (χ0n) is 18.4. The highest BCUT2D eigenvalue weighted by molar-refractivity contribution is 6.12. The van der Waals surface area contributed by atoms with Gasteiger partial charge < -0.3 is 9.73 Å². The van der Waals surface area contributed by atoms with E-state index < -0.39 is 0 Å². The molecule has 2 nitrogen and oxygen atoms in total. The molecule has 0 aliphatic carbocycles. The Labute approximate surface area is 193 Å². The Bertz CT molecular complexity index is 1580. The second kappa shape index (κ2) is 7.99. The summed E-state index contributed by atoms with van der Waals surface area (Å²) in [5.74, 6) is 0. The molecule has 0 aliphatic rings. The topological polar surface area (TPSA) is 25.2 Å². The number of hydrogen-bond donors (Lipinski definition) is 1. The molecule has 0 aliphatic heterocycles. The lowest BCUT2D eigenvalue weighted by Gasteiger charge is -2.12. The van der Waals surface area contributed by atoms with Crippen molar-refractivity contribution in [1.82, 2.24) is 0 Å². The Kier molecular flexibility index (Phi) is 4.70. The average Bonchev–Trinajstić information content (AvgIpc) is 3.25. The fourth-order valence-corrected chi connectivity index (χ4v) is 4.52. The summed E-state index contributed by atoms with van der Waals surface area (Å²) in [7, 11) is 0. The first kappa shape index (κ1) is 19.4. The maximum Gasteiger partial charge on any atom is 0.136 e. The van der Waals surface area contributed by atoms with Gasteiger partial charge in [-0.3, -0.25) is 0 Å². The summed E-state index contributed by atoms with van der Waals surface area (Å²) in [5, 5.41) is 5.89. The molecule has 0 saturated carbocycles. The number of rotatable bonds is 4. The molecule has 2 heteroatoms. The molecule has 0 radical (unpaired) electrons. The molecule has 0 spiro atoms. The highest BCUT2D eigenvalue weighted by atomic mass is 16.3. The number of hydrogen-bond acceptors (Lipinski definition) is 2. The van der Waals surface area contributed by atoms with Gasteiger partial charge in [-0.2, -0.15) is 0 Å². The van der Waals surface area contributed by atoms with E-state index in [4.69, 9.17) is 4.42 Å².